The number of nitrogens with zero attached hydrogens (tertiary/aromatic N) is 2. The largest absolute Gasteiger partial charge is 0.493 e. The van der Waals surface area contributed by atoms with E-state index >= 15 is 0 Å². The second-order valence-electron chi connectivity index (χ2n) is 8.57. The zero-order chi connectivity index (χ0) is 26.6. The quantitative estimate of drug-likeness (QED) is 0.366. The minimum Gasteiger partial charge on any atom is -0.493 e. The molecule has 0 aliphatic carbocycles. The molecule has 0 aromatic heterocycles. The first-order valence-corrected chi connectivity index (χ1v) is 11.8. The second-order valence-corrected chi connectivity index (χ2v) is 8.57. The summed E-state index contributed by atoms with van der Waals surface area (Å²) in [7, 11) is 3.18. The Hall–Kier alpha value is -5.09. The molecule has 192 valence electrons. The number of benzene rings is 3. The fraction of sp³-hybridized carbons (Fsp3) is 0.107. The highest BCUT2D eigenvalue weighted by molar-refractivity contribution is 6.05. The number of carbonyl (C=O) groups is 2. The maximum atomic E-state index is 12.9. The van der Waals surface area contributed by atoms with Gasteiger partial charge < -0.3 is 25.2 Å². The lowest BCUT2D eigenvalue weighted by Crippen LogP contribution is -3.12. The van der Waals surface area contributed by atoms with E-state index in [0.29, 0.717) is 29.4 Å². The van der Waals surface area contributed by atoms with Crippen molar-refractivity contribution in [3.63, 3.8) is 0 Å². The zero-order valence-corrected chi connectivity index (χ0v) is 20.8. The van der Waals surface area contributed by atoms with E-state index in [-0.39, 0.29) is 11.5 Å². The maximum Gasteiger partial charge on any atom is 0.335 e. The summed E-state index contributed by atoms with van der Waals surface area (Å²) in [6, 6.07) is 18.9. The molecule has 2 aliphatic heterocycles. The number of rotatable bonds is 8. The van der Waals surface area contributed by atoms with Crippen molar-refractivity contribution in [3.05, 3.63) is 102 Å². The van der Waals surface area contributed by atoms with Gasteiger partial charge in [-0.3, -0.25) is 9.69 Å². The van der Waals surface area contributed by atoms with E-state index in [1.165, 1.54) is 12.1 Å². The van der Waals surface area contributed by atoms with Crippen LogP contribution in [0.1, 0.15) is 20.7 Å². The molecule has 0 fully saturated rings. The summed E-state index contributed by atoms with van der Waals surface area (Å²) < 4.78 is 10.8. The van der Waals surface area contributed by atoms with Crippen molar-refractivity contribution in [1.82, 2.24) is 0 Å². The first-order chi connectivity index (χ1) is 18.4. The number of ether oxygens (including phenoxy) is 2. The number of carboxylic acid groups (broad SMARTS) is 1. The minimum absolute atomic E-state index is 0.153. The predicted molar refractivity (Wildman–Crippen MR) is 144 cm³/mol. The number of carbonyl (C=O) groups excluding carboxylic acids is 1. The third-order valence-corrected chi connectivity index (χ3v) is 6.16. The summed E-state index contributed by atoms with van der Waals surface area (Å²) >= 11 is 0. The molecule has 3 aromatic rings. The van der Waals surface area contributed by atoms with Crippen molar-refractivity contribution in [2.75, 3.05) is 36.4 Å². The highest BCUT2D eigenvalue weighted by Crippen LogP contribution is 2.30. The van der Waals surface area contributed by atoms with Gasteiger partial charge in [-0.15, -0.1) is 0 Å². The Balaban J connectivity index is 1.38. The molecule has 1 unspecified atom stereocenters. The fourth-order valence-corrected chi connectivity index (χ4v) is 4.23. The second kappa shape index (κ2) is 10.5. The van der Waals surface area contributed by atoms with E-state index in [9.17, 15) is 9.59 Å². The van der Waals surface area contributed by atoms with Crippen LogP contribution in [0, 0.1) is 0 Å². The van der Waals surface area contributed by atoms with Gasteiger partial charge in [-0.1, -0.05) is 6.07 Å². The number of nitrogens with one attached hydrogen (secondary N) is 3. The summed E-state index contributed by atoms with van der Waals surface area (Å²) in [6.07, 6.45) is 5.72. The maximum absolute atomic E-state index is 12.9. The summed E-state index contributed by atoms with van der Waals surface area (Å²) in [4.78, 5) is 31.6. The van der Waals surface area contributed by atoms with Crippen molar-refractivity contribution in [2.45, 2.75) is 0 Å². The summed E-state index contributed by atoms with van der Waals surface area (Å²) in [6.45, 7) is 0.591. The third kappa shape index (κ3) is 5.06. The Bertz CT molecular complexity index is 1480. The summed E-state index contributed by atoms with van der Waals surface area (Å²) in [5.74, 6) is 0.786. The molecule has 4 N–H and O–H groups in total. The van der Waals surface area contributed by atoms with E-state index < -0.39 is 5.97 Å². The van der Waals surface area contributed by atoms with E-state index in [0.717, 1.165) is 27.8 Å². The number of carboxylic acids is 1. The van der Waals surface area contributed by atoms with Crippen LogP contribution >= 0.6 is 0 Å². The van der Waals surface area contributed by atoms with Crippen LogP contribution in [0.2, 0.25) is 0 Å². The van der Waals surface area contributed by atoms with Gasteiger partial charge in [0.1, 0.15) is 11.9 Å². The number of hydrogen-bond donors (Lipinski definition) is 4. The molecule has 10 nitrogen and oxygen atoms in total. The van der Waals surface area contributed by atoms with Gasteiger partial charge in [-0.05, 0) is 54.6 Å². The van der Waals surface area contributed by atoms with Gasteiger partial charge in [0.05, 0.1) is 26.0 Å². The number of hydrogen-bond acceptors (Lipinski definition) is 7. The van der Waals surface area contributed by atoms with Crippen LogP contribution in [0.15, 0.2) is 96.0 Å². The zero-order valence-electron chi connectivity index (χ0n) is 20.8. The van der Waals surface area contributed by atoms with Gasteiger partial charge in [0.25, 0.3) is 11.7 Å². The molecule has 0 saturated carbocycles. The molecule has 1 amide bonds. The normalized spacial score (nSPS) is 15.7. The van der Waals surface area contributed by atoms with Gasteiger partial charge in [0.15, 0.2) is 18.2 Å². The van der Waals surface area contributed by atoms with Crippen molar-refractivity contribution in [1.29, 1.82) is 0 Å². The van der Waals surface area contributed by atoms with Gasteiger partial charge in [-0.25, -0.2) is 9.69 Å². The Morgan fingerprint density at radius 2 is 1.71 bits per heavy atom. The summed E-state index contributed by atoms with van der Waals surface area (Å²) in [5, 5.41) is 15.3. The molecule has 38 heavy (non-hydrogen) atoms. The molecule has 1 atom stereocenters. The Labute approximate surface area is 219 Å². The van der Waals surface area contributed by atoms with Crippen molar-refractivity contribution in [2.24, 2.45) is 4.99 Å². The Morgan fingerprint density at radius 3 is 2.45 bits per heavy atom. The molecule has 0 radical (unpaired) electrons. The number of quaternary nitrogens is 1. The Morgan fingerprint density at radius 1 is 0.947 bits per heavy atom. The van der Waals surface area contributed by atoms with Crippen LogP contribution in [-0.4, -0.2) is 43.7 Å². The average molecular weight is 513 g/mol. The van der Waals surface area contributed by atoms with Crippen molar-refractivity contribution in [3.8, 4) is 11.5 Å². The van der Waals surface area contributed by atoms with E-state index in [1.807, 2.05) is 53.7 Å². The van der Waals surface area contributed by atoms with Crippen molar-refractivity contribution >= 4 is 34.8 Å². The van der Waals surface area contributed by atoms with Crippen LogP contribution in [0.3, 0.4) is 0 Å². The molecular formula is C28H26N5O5+. The molecule has 2 aliphatic rings. The van der Waals surface area contributed by atoms with E-state index in [2.05, 4.69) is 15.6 Å². The highest BCUT2D eigenvalue weighted by atomic mass is 16.5. The highest BCUT2D eigenvalue weighted by Gasteiger charge is 2.31. The van der Waals surface area contributed by atoms with E-state index in [1.54, 1.807) is 38.6 Å². The van der Waals surface area contributed by atoms with Crippen molar-refractivity contribution < 1.29 is 29.1 Å². The smallest absolute Gasteiger partial charge is 0.335 e. The first kappa shape index (κ1) is 24.6. The number of methoxy groups -OCH3 is 2. The number of aliphatic imine (C=N–C) groups is 1. The molecular weight excluding hydrogens is 486 g/mol. The molecule has 0 spiro atoms. The van der Waals surface area contributed by atoms with Crippen LogP contribution in [-0.2, 0) is 0 Å². The predicted octanol–water partition coefficient (Wildman–Crippen LogP) is 3.15. The van der Waals surface area contributed by atoms with Crippen LogP contribution in [0.4, 0.5) is 17.1 Å². The molecule has 0 saturated heterocycles. The topological polar surface area (TPSA) is 117 Å². The summed E-state index contributed by atoms with van der Waals surface area (Å²) in [5.41, 5.74) is 3.58. The standard InChI is InChI=1S/C28H25N5O5/c1-37-24-11-10-21(15-25(24)38-2)30-23-16-33(17-32-13-12-29-26(23)32)22-5-3-4-19(14-22)27(34)31-20-8-6-18(7-9-20)28(35)36/h3-16,30H,17H2,1-2H3,(H,31,34)(H,35,36)/p+1. The van der Waals surface area contributed by atoms with E-state index in [4.69, 9.17) is 14.6 Å². The first-order valence-electron chi connectivity index (χ1n) is 11.8. The number of amidine groups is 1. The lowest BCUT2D eigenvalue weighted by atomic mass is 10.1. The minimum atomic E-state index is -1.02. The number of amides is 1. The monoisotopic (exact) mass is 512 g/mol. The molecule has 2 heterocycles. The fourth-order valence-electron chi connectivity index (χ4n) is 4.23. The average Bonchev–Trinajstić information content (AvgIpc) is 3.42. The molecule has 5 rings (SSSR count). The van der Waals surface area contributed by atoms with Gasteiger partial charge in [0.2, 0.25) is 0 Å². The third-order valence-electron chi connectivity index (χ3n) is 6.16. The van der Waals surface area contributed by atoms with Gasteiger partial charge >= 0.3 is 5.97 Å². The van der Waals surface area contributed by atoms with Crippen LogP contribution in [0.5, 0.6) is 11.5 Å². The Kier molecular flexibility index (Phi) is 6.79. The van der Waals surface area contributed by atoms with Gasteiger partial charge in [0, 0.05) is 34.9 Å². The number of fused-ring (bicyclic) bond motifs is 1. The lowest BCUT2D eigenvalue weighted by molar-refractivity contribution is -0.743. The molecule has 10 heteroatoms. The van der Waals surface area contributed by atoms with Crippen LogP contribution < -0.4 is 29.9 Å². The SMILES string of the molecule is COc1ccc(NC2=CN(c3cccc(C(=O)Nc4ccc(C(=O)O)cc4)c3)C[NH+]3C=CN=C23)cc1OC. The molecule has 3 aromatic carbocycles. The number of anilines is 3. The molecule has 0 bridgehead atoms. The lowest BCUT2D eigenvalue weighted by Gasteiger charge is -2.30. The van der Waals surface area contributed by atoms with Gasteiger partial charge in [-0.2, -0.15) is 4.99 Å². The van der Waals surface area contributed by atoms with Crippen LogP contribution in [0.25, 0.3) is 0 Å². The number of aromatic carboxylic acids is 1.